The second-order valence-corrected chi connectivity index (χ2v) is 12.0. The molecule has 3 N–H and O–H groups in total. The minimum absolute atomic E-state index is 0.00245. The molecule has 3 heterocycles. The molecule has 1 aliphatic heterocycles. The van der Waals surface area contributed by atoms with E-state index in [2.05, 4.69) is 20.7 Å². The number of benzene rings is 3. The smallest absolute Gasteiger partial charge is 0.335 e. The lowest BCUT2D eigenvalue weighted by Gasteiger charge is -2.16. The fourth-order valence-electron chi connectivity index (χ4n) is 6.17. The van der Waals surface area contributed by atoms with Crippen molar-refractivity contribution >= 4 is 40.8 Å². The van der Waals surface area contributed by atoms with Gasteiger partial charge in [-0.15, -0.1) is 0 Å². The topological polar surface area (TPSA) is 161 Å². The minimum atomic E-state index is -1.01. The van der Waals surface area contributed by atoms with Crippen LogP contribution in [0.3, 0.4) is 0 Å². The molecule has 0 fully saturated rings. The number of carboxylic acid groups (broad SMARTS) is 1. The molecule has 242 valence electrons. The van der Waals surface area contributed by atoms with Crippen LogP contribution in [0.15, 0.2) is 66.9 Å². The van der Waals surface area contributed by atoms with E-state index in [0.29, 0.717) is 40.5 Å². The molecule has 48 heavy (non-hydrogen) atoms. The Labute approximate surface area is 278 Å². The average molecular weight is 666 g/mol. The lowest BCUT2D eigenvalue weighted by Crippen LogP contribution is -2.31. The van der Waals surface area contributed by atoms with E-state index >= 15 is 0 Å². The van der Waals surface area contributed by atoms with Crippen LogP contribution >= 0.6 is 11.6 Å². The Balaban J connectivity index is 1.21. The Hall–Kier alpha value is -5.75. The van der Waals surface area contributed by atoms with Crippen LogP contribution in [-0.4, -0.2) is 50.1 Å². The number of ether oxygens (including phenoxy) is 2. The number of hydrogen-bond donors (Lipinski definition) is 3. The lowest BCUT2D eigenvalue weighted by molar-refractivity contribution is 0.0695. The molecule has 5 aromatic rings. The van der Waals surface area contributed by atoms with Crippen LogP contribution in [0, 0.1) is 6.92 Å². The minimum Gasteiger partial charge on any atom is -0.478 e. The van der Waals surface area contributed by atoms with Gasteiger partial charge in [0.2, 0.25) is 6.79 Å². The van der Waals surface area contributed by atoms with Crippen molar-refractivity contribution in [2.24, 2.45) is 0 Å². The maximum Gasteiger partial charge on any atom is 0.335 e. The molecule has 13 heteroatoms. The zero-order chi connectivity index (χ0) is 33.5. The van der Waals surface area contributed by atoms with Crippen LogP contribution in [0.5, 0.6) is 11.5 Å². The Bertz CT molecular complexity index is 2160. The largest absolute Gasteiger partial charge is 0.478 e. The van der Waals surface area contributed by atoms with Gasteiger partial charge in [0.05, 0.1) is 23.4 Å². The SMILES string of the molecule is Cc1c(C(=O)O)ccc2c1CC[C@@H]2NC(=O)c1cc(C(=O)NCc2ccc3c(c2)OCO3)nc2c(C(=O)Cc3ccccc3Cl)cnn12. The van der Waals surface area contributed by atoms with Crippen LogP contribution in [-0.2, 0) is 19.4 Å². The van der Waals surface area contributed by atoms with Crippen molar-refractivity contribution in [1.82, 2.24) is 25.2 Å². The van der Waals surface area contributed by atoms with Gasteiger partial charge in [0.15, 0.2) is 22.9 Å². The number of hydrogen-bond acceptors (Lipinski definition) is 8. The Kier molecular flexibility index (Phi) is 8.01. The first-order valence-electron chi connectivity index (χ1n) is 15.2. The third-order valence-electron chi connectivity index (χ3n) is 8.67. The summed E-state index contributed by atoms with van der Waals surface area (Å²) in [6.45, 7) is 2.02. The Morgan fingerprint density at radius 3 is 2.62 bits per heavy atom. The van der Waals surface area contributed by atoms with Crippen LogP contribution in [0.4, 0.5) is 0 Å². The van der Waals surface area contributed by atoms with Gasteiger partial charge >= 0.3 is 5.97 Å². The maximum absolute atomic E-state index is 13.9. The van der Waals surface area contributed by atoms with Gasteiger partial charge in [0, 0.05) is 24.1 Å². The van der Waals surface area contributed by atoms with Crippen molar-refractivity contribution in [3.63, 3.8) is 0 Å². The predicted molar refractivity (Wildman–Crippen MR) is 173 cm³/mol. The van der Waals surface area contributed by atoms with E-state index in [1.54, 1.807) is 61.5 Å². The van der Waals surface area contributed by atoms with Gasteiger partial charge in [-0.25, -0.2) is 14.3 Å². The van der Waals surface area contributed by atoms with Crippen LogP contribution < -0.4 is 20.1 Å². The summed E-state index contributed by atoms with van der Waals surface area (Å²) in [5, 5.41) is 20.2. The fraction of sp³-hybridized carbons (Fsp3) is 0.200. The summed E-state index contributed by atoms with van der Waals surface area (Å²) in [5.41, 5.74) is 4.04. The van der Waals surface area contributed by atoms with Gasteiger partial charge in [-0.2, -0.15) is 5.10 Å². The summed E-state index contributed by atoms with van der Waals surface area (Å²) in [6.07, 6.45) is 2.44. The van der Waals surface area contributed by atoms with Gasteiger partial charge in [-0.05, 0) is 71.8 Å². The number of amides is 2. The van der Waals surface area contributed by atoms with Crippen molar-refractivity contribution in [2.45, 2.75) is 38.8 Å². The van der Waals surface area contributed by atoms with Gasteiger partial charge in [0.25, 0.3) is 11.8 Å². The molecule has 0 saturated carbocycles. The van der Waals surface area contributed by atoms with E-state index in [1.165, 1.54) is 16.8 Å². The van der Waals surface area contributed by atoms with Crippen molar-refractivity contribution in [3.8, 4) is 11.5 Å². The van der Waals surface area contributed by atoms with E-state index in [0.717, 1.165) is 16.7 Å². The van der Waals surface area contributed by atoms with Crippen molar-refractivity contribution < 1.29 is 33.8 Å². The quantitative estimate of drug-likeness (QED) is 0.186. The van der Waals surface area contributed by atoms with Gasteiger partial charge in [-0.1, -0.05) is 41.9 Å². The van der Waals surface area contributed by atoms with Gasteiger partial charge in [-0.3, -0.25) is 14.4 Å². The van der Waals surface area contributed by atoms with Crippen molar-refractivity contribution in [3.05, 3.63) is 122 Å². The summed E-state index contributed by atoms with van der Waals surface area (Å²) in [5.74, 6) is -1.28. The number of carboxylic acids is 1. The monoisotopic (exact) mass is 665 g/mol. The zero-order valence-corrected chi connectivity index (χ0v) is 26.3. The van der Waals surface area contributed by atoms with Crippen molar-refractivity contribution in [2.75, 3.05) is 6.79 Å². The summed E-state index contributed by atoms with van der Waals surface area (Å²) < 4.78 is 12.0. The van der Waals surface area contributed by atoms with E-state index in [1.807, 2.05) is 0 Å². The maximum atomic E-state index is 13.9. The summed E-state index contributed by atoms with van der Waals surface area (Å²) in [7, 11) is 0. The molecule has 1 aliphatic carbocycles. The van der Waals surface area contributed by atoms with E-state index in [9.17, 15) is 24.3 Å². The third kappa shape index (κ3) is 5.71. The number of fused-ring (bicyclic) bond motifs is 3. The van der Waals surface area contributed by atoms with E-state index in [4.69, 9.17) is 21.1 Å². The highest BCUT2D eigenvalue weighted by Gasteiger charge is 2.30. The number of Topliss-reactive ketones (excluding diaryl/α,β-unsaturated/α-hetero) is 1. The molecule has 12 nitrogen and oxygen atoms in total. The van der Waals surface area contributed by atoms with Gasteiger partial charge < -0.3 is 25.2 Å². The molecule has 3 aromatic carbocycles. The van der Waals surface area contributed by atoms with E-state index in [-0.39, 0.29) is 53.7 Å². The molecule has 7 rings (SSSR count). The molecular formula is C35H28ClN5O7. The number of carbonyl (C=O) groups is 4. The lowest BCUT2D eigenvalue weighted by atomic mass is 9.98. The molecule has 0 bridgehead atoms. The fourth-order valence-corrected chi connectivity index (χ4v) is 6.37. The number of rotatable bonds is 9. The molecule has 1 atom stereocenters. The molecule has 0 spiro atoms. The first-order chi connectivity index (χ1) is 23.2. The summed E-state index contributed by atoms with van der Waals surface area (Å²) >= 11 is 6.31. The van der Waals surface area contributed by atoms with Crippen LogP contribution in [0.1, 0.15) is 82.0 Å². The van der Waals surface area contributed by atoms with E-state index < -0.39 is 23.8 Å². The highest BCUT2D eigenvalue weighted by molar-refractivity contribution is 6.31. The molecular weight excluding hydrogens is 638 g/mol. The highest BCUT2D eigenvalue weighted by atomic mass is 35.5. The van der Waals surface area contributed by atoms with Gasteiger partial charge in [0.1, 0.15) is 11.4 Å². The first kappa shape index (κ1) is 30.9. The number of halogens is 1. The molecule has 0 radical (unpaired) electrons. The highest BCUT2D eigenvalue weighted by Crippen LogP contribution is 2.35. The number of carbonyl (C=O) groups excluding carboxylic acids is 3. The number of nitrogens with zero attached hydrogens (tertiary/aromatic N) is 3. The number of aromatic carboxylic acids is 1. The summed E-state index contributed by atoms with van der Waals surface area (Å²) in [6, 6.07) is 16.5. The van der Waals surface area contributed by atoms with Crippen molar-refractivity contribution in [1.29, 1.82) is 0 Å². The molecule has 0 unspecified atom stereocenters. The number of nitrogens with one attached hydrogen (secondary N) is 2. The average Bonchev–Trinajstić information content (AvgIpc) is 3.83. The number of ketones is 1. The zero-order valence-electron chi connectivity index (χ0n) is 25.6. The molecule has 2 amide bonds. The first-order valence-corrected chi connectivity index (χ1v) is 15.5. The Morgan fingerprint density at radius 2 is 1.81 bits per heavy atom. The number of aromatic nitrogens is 3. The normalized spacial score (nSPS) is 14.5. The Morgan fingerprint density at radius 1 is 1.00 bits per heavy atom. The third-order valence-corrected chi connectivity index (χ3v) is 9.03. The summed E-state index contributed by atoms with van der Waals surface area (Å²) in [4.78, 5) is 57.1. The van der Waals surface area contributed by atoms with Crippen LogP contribution in [0.2, 0.25) is 5.02 Å². The predicted octanol–water partition coefficient (Wildman–Crippen LogP) is 4.89. The molecule has 2 aliphatic rings. The molecule has 0 saturated heterocycles. The standard InChI is InChI=1S/C35H28ClN5O7/c1-18-21-9-10-26(23(21)8-7-22(18)35(45)46)40-34(44)28-14-27(33(43)37-15-19-6-11-30-31(12-19)48-17-47-30)39-32-24(16-38-41(28)32)29(42)13-20-4-2-3-5-25(20)36/h2-8,11-12,14,16,26H,9-10,13,15,17H2,1H3,(H,37,43)(H,40,44)(H,45,46)/t26-/m0/s1. The second-order valence-electron chi connectivity index (χ2n) is 11.6. The van der Waals surface area contributed by atoms with Crippen LogP contribution in [0.25, 0.3) is 5.65 Å². The molecule has 2 aromatic heterocycles. The second kappa shape index (κ2) is 12.5.